The molecule has 0 saturated carbocycles. The predicted molar refractivity (Wildman–Crippen MR) is 86.3 cm³/mol. The number of rotatable bonds is 4. The Morgan fingerprint density at radius 2 is 2.10 bits per heavy atom. The first-order valence-electron chi connectivity index (χ1n) is 6.69. The number of pyridine rings is 1. The summed E-state index contributed by atoms with van der Waals surface area (Å²) < 4.78 is 0.948. The van der Waals surface area contributed by atoms with Crippen LogP contribution in [0.4, 0.5) is 0 Å². The Bertz CT molecular complexity index is 768. The Morgan fingerprint density at radius 3 is 2.90 bits per heavy atom. The fourth-order valence-corrected chi connectivity index (χ4v) is 2.57. The van der Waals surface area contributed by atoms with E-state index in [9.17, 15) is 4.79 Å². The first kappa shape index (κ1) is 13.8. The Balaban J connectivity index is 1.65. The minimum Gasteiger partial charge on any atom is -0.352 e. The second-order valence-corrected chi connectivity index (χ2v) is 5.65. The molecule has 0 radical (unpaired) electrons. The Morgan fingerprint density at radius 1 is 1.29 bits per heavy atom. The van der Waals surface area contributed by atoms with Gasteiger partial charge in [-0.2, -0.15) is 0 Å². The van der Waals surface area contributed by atoms with Gasteiger partial charge in [0.2, 0.25) is 0 Å². The number of aromatic nitrogens is 2. The molecule has 3 aromatic rings. The maximum atomic E-state index is 12.0. The van der Waals surface area contributed by atoms with Crippen molar-refractivity contribution in [1.82, 2.24) is 15.3 Å². The van der Waals surface area contributed by atoms with Crippen LogP contribution in [0.2, 0.25) is 0 Å². The number of H-pyrrole nitrogens is 1. The molecule has 2 heterocycles. The van der Waals surface area contributed by atoms with Crippen LogP contribution in [0.15, 0.2) is 53.3 Å². The van der Waals surface area contributed by atoms with Crippen molar-refractivity contribution in [3.05, 3.63) is 64.4 Å². The van der Waals surface area contributed by atoms with Crippen LogP contribution in [0, 0.1) is 0 Å². The third kappa shape index (κ3) is 3.13. The zero-order chi connectivity index (χ0) is 14.7. The summed E-state index contributed by atoms with van der Waals surface area (Å²) in [6.45, 7) is 0.590. The lowest BCUT2D eigenvalue weighted by atomic mass is 10.1. The Hall–Kier alpha value is -2.14. The Labute approximate surface area is 130 Å². The molecule has 0 aliphatic carbocycles. The molecule has 0 fully saturated rings. The molecule has 5 heteroatoms. The van der Waals surface area contributed by atoms with E-state index in [1.165, 1.54) is 0 Å². The minimum atomic E-state index is -0.0465. The summed E-state index contributed by atoms with van der Waals surface area (Å²) >= 11 is 3.43. The van der Waals surface area contributed by atoms with E-state index in [0.29, 0.717) is 12.1 Å². The lowest BCUT2D eigenvalue weighted by Crippen LogP contribution is -2.25. The summed E-state index contributed by atoms with van der Waals surface area (Å²) in [6.07, 6.45) is 4.47. The first-order valence-corrected chi connectivity index (χ1v) is 7.48. The summed E-state index contributed by atoms with van der Waals surface area (Å²) in [5.74, 6) is -0.0465. The monoisotopic (exact) mass is 343 g/mol. The van der Waals surface area contributed by atoms with Crippen molar-refractivity contribution in [2.45, 2.75) is 6.42 Å². The number of fused-ring (bicyclic) bond motifs is 1. The van der Waals surface area contributed by atoms with Crippen LogP contribution in [-0.2, 0) is 6.42 Å². The molecule has 0 unspecified atom stereocenters. The second kappa shape index (κ2) is 6.10. The number of carbonyl (C=O) groups is 1. The largest absolute Gasteiger partial charge is 0.352 e. The van der Waals surface area contributed by atoms with Crippen LogP contribution in [0.3, 0.4) is 0 Å². The van der Waals surface area contributed by atoms with E-state index in [-0.39, 0.29) is 5.91 Å². The number of benzene rings is 1. The molecule has 3 rings (SSSR count). The van der Waals surface area contributed by atoms with Crippen molar-refractivity contribution in [1.29, 1.82) is 0 Å². The summed E-state index contributed by atoms with van der Waals surface area (Å²) in [5, 5.41) is 4.01. The van der Waals surface area contributed by atoms with E-state index in [2.05, 4.69) is 31.2 Å². The van der Waals surface area contributed by atoms with Crippen LogP contribution in [-0.4, -0.2) is 22.4 Å². The van der Waals surface area contributed by atoms with Gasteiger partial charge in [-0.3, -0.25) is 4.79 Å². The highest BCUT2D eigenvalue weighted by Gasteiger charge is 2.07. The standard InChI is InChI=1S/C16H14BrN3O/c17-13-8-14-12(9-19-15(14)20-10-13)6-7-18-16(21)11-4-2-1-3-5-11/h1-5,8-10H,6-7H2,(H,18,21)(H,19,20). The van der Waals surface area contributed by atoms with Crippen molar-refractivity contribution >= 4 is 32.9 Å². The van der Waals surface area contributed by atoms with Crippen LogP contribution in [0.1, 0.15) is 15.9 Å². The highest BCUT2D eigenvalue weighted by atomic mass is 79.9. The first-order chi connectivity index (χ1) is 10.2. The van der Waals surface area contributed by atoms with Crippen LogP contribution < -0.4 is 5.32 Å². The summed E-state index contributed by atoms with van der Waals surface area (Å²) in [7, 11) is 0. The average molecular weight is 344 g/mol. The summed E-state index contributed by atoms with van der Waals surface area (Å²) in [6, 6.07) is 11.3. The average Bonchev–Trinajstić information content (AvgIpc) is 2.90. The zero-order valence-corrected chi connectivity index (χ0v) is 12.9. The van der Waals surface area contributed by atoms with E-state index in [1.807, 2.05) is 42.6 Å². The number of aromatic amines is 1. The molecule has 2 N–H and O–H groups in total. The van der Waals surface area contributed by atoms with Gasteiger partial charge < -0.3 is 10.3 Å². The van der Waals surface area contributed by atoms with E-state index in [4.69, 9.17) is 0 Å². The quantitative estimate of drug-likeness (QED) is 0.763. The summed E-state index contributed by atoms with van der Waals surface area (Å²) in [5.41, 5.74) is 2.69. The molecular formula is C16H14BrN3O. The van der Waals surface area contributed by atoms with Crippen molar-refractivity contribution in [2.24, 2.45) is 0 Å². The van der Waals surface area contributed by atoms with Crippen LogP contribution >= 0.6 is 15.9 Å². The molecular weight excluding hydrogens is 330 g/mol. The second-order valence-electron chi connectivity index (χ2n) is 4.74. The smallest absolute Gasteiger partial charge is 0.251 e. The van der Waals surface area contributed by atoms with Crippen molar-refractivity contribution in [2.75, 3.05) is 6.54 Å². The molecule has 2 aromatic heterocycles. The minimum absolute atomic E-state index is 0.0465. The van der Waals surface area contributed by atoms with Gasteiger partial charge in [-0.15, -0.1) is 0 Å². The van der Waals surface area contributed by atoms with Crippen molar-refractivity contribution in [3.8, 4) is 0 Å². The number of amides is 1. The lowest BCUT2D eigenvalue weighted by molar-refractivity contribution is 0.0954. The summed E-state index contributed by atoms with van der Waals surface area (Å²) in [4.78, 5) is 19.4. The SMILES string of the molecule is O=C(NCCc1c[nH]c2ncc(Br)cc12)c1ccccc1. The number of nitrogens with one attached hydrogen (secondary N) is 2. The van der Waals surface area contributed by atoms with E-state index in [1.54, 1.807) is 6.20 Å². The molecule has 0 aliphatic rings. The van der Waals surface area contributed by atoms with E-state index >= 15 is 0 Å². The highest BCUT2D eigenvalue weighted by Crippen LogP contribution is 2.20. The molecule has 0 bridgehead atoms. The normalized spacial score (nSPS) is 10.7. The van der Waals surface area contributed by atoms with Gasteiger partial charge in [0, 0.05) is 34.4 Å². The molecule has 106 valence electrons. The number of halogens is 1. The fraction of sp³-hybridized carbons (Fsp3) is 0.125. The highest BCUT2D eigenvalue weighted by molar-refractivity contribution is 9.10. The topological polar surface area (TPSA) is 57.8 Å². The van der Waals surface area contributed by atoms with Gasteiger partial charge in [-0.1, -0.05) is 18.2 Å². The van der Waals surface area contributed by atoms with Gasteiger partial charge in [0.15, 0.2) is 0 Å². The number of hydrogen-bond donors (Lipinski definition) is 2. The van der Waals surface area contributed by atoms with Crippen LogP contribution in [0.5, 0.6) is 0 Å². The fourth-order valence-electron chi connectivity index (χ4n) is 2.24. The molecule has 21 heavy (non-hydrogen) atoms. The molecule has 0 spiro atoms. The third-order valence-electron chi connectivity index (χ3n) is 3.30. The van der Waals surface area contributed by atoms with Gasteiger partial charge in [0.25, 0.3) is 5.91 Å². The molecule has 0 saturated heterocycles. The Kier molecular flexibility index (Phi) is 4.01. The zero-order valence-electron chi connectivity index (χ0n) is 11.3. The molecule has 0 aliphatic heterocycles. The maximum Gasteiger partial charge on any atom is 0.251 e. The molecule has 1 aromatic carbocycles. The van der Waals surface area contributed by atoms with Crippen molar-refractivity contribution < 1.29 is 4.79 Å². The van der Waals surface area contributed by atoms with Crippen molar-refractivity contribution in [3.63, 3.8) is 0 Å². The van der Waals surface area contributed by atoms with E-state index < -0.39 is 0 Å². The molecule has 0 atom stereocenters. The van der Waals surface area contributed by atoms with Gasteiger partial charge in [-0.25, -0.2) is 4.98 Å². The van der Waals surface area contributed by atoms with E-state index in [0.717, 1.165) is 27.5 Å². The van der Waals surface area contributed by atoms with Gasteiger partial charge in [0.05, 0.1) is 0 Å². The number of carbonyl (C=O) groups excluding carboxylic acids is 1. The van der Waals surface area contributed by atoms with Gasteiger partial charge in [0.1, 0.15) is 5.65 Å². The third-order valence-corrected chi connectivity index (χ3v) is 3.73. The lowest BCUT2D eigenvalue weighted by Gasteiger charge is -2.04. The van der Waals surface area contributed by atoms with Crippen LogP contribution in [0.25, 0.3) is 11.0 Å². The van der Waals surface area contributed by atoms with Gasteiger partial charge >= 0.3 is 0 Å². The van der Waals surface area contributed by atoms with Gasteiger partial charge in [-0.05, 0) is 46.1 Å². The number of nitrogens with zero attached hydrogens (tertiary/aromatic N) is 1. The number of hydrogen-bond acceptors (Lipinski definition) is 2. The molecule has 1 amide bonds. The predicted octanol–water partition coefficient (Wildman–Crippen LogP) is 3.30. The molecule has 4 nitrogen and oxygen atoms in total. The maximum absolute atomic E-state index is 12.0.